The molecule has 0 atom stereocenters. The summed E-state index contributed by atoms with van der Waals surface area (Å²) in [7, 11) is 0. The molecule has 61 heavy (non-hydrogen) atoms. The fourth-order valence-corrected chi connectivity index (χ4v) is 7.81. The van der Waals surface area contributed by atoms with E-state index in [1.807, 2.05) is 133 Å². The van der Waals surface area contributed by atoms with Crippen LogP contribution in [0.5, 0.6) is 11.5 Å². The van der Waals surface area contributed by atoms with Gasteiger partial charge in [-0.25, -0.2) is 29.9 Å². The number of hydrogen-bond acceptors (Lipinski definition) is 7. The molecule has 7 heteroatoms. The summed E-state index contributed by atoms with van der Waals surface area (Å²) >= 11 is 0. The highest BCUT2D eigenvalue weighted by molar-refractivity contribution is 5.95. The van der Waals surface area contributed by atoms with E-state index in [0.717, 1.165) is 72.5 Å². The highest BCUT2D eigenvalue weighted by Crippen LogP contribution is 2.50. The topological polar surface area (TPSA) is 86.6 Å². The second-order valence-corrected chi connectivity index (χ2v) is 14.7. The Labute approximate surface area is 352 Å². The molecular weight excluding hydrogens is 749 g/mol. The Hall–Kier alpha value is -8.42. The molecule has 286 valence electrons. The highest BCUT2D eigenvalue weighted by Gasteiger charge is 2.26. The summed E-state index contributed by atoms with van der Waals surface area (Å²) in [6.45, 7) is 0. The van der Waals surface area contributed by atoms with Crippen LogP contribution in [0.4, 0.5) is 0 Å². The fraction of sp³-hybridized carbons (Fsp3) is 0. The first-order valence-electron chi connectivity index (χ1n) is 20.1. The monoisotopic (exact) mass is 782 g/mol. The second-order valence-electron chi connectivity index (χ2n) is 14.7. The van der Waals surface area contributed by atoms with E-state index in [2.05, 4.69) is 72.8 Å². The minimum Gasteiger partial charge on any atom is -0.455 e. The maximum absolute atomic E-state index is 7.03. The molecular formula is C54H34N6O. The molecule has 0 spiro atoms. The molecule has 0 amide bonds. The Morgan fingerprint density at radius 3 is 1.11 bits per heavy atom. The molecule has 2 aromatic heterocycles. The van der Waals surface area contributed by atoms with Crippen LogP contribution in [0, 0.1) is 0 Å². The summed E-state index contributed by atoms with van der Waals surface area (Å²) in [4.78, 5) is 29.9. The van der Waals surface area contributed by atoms with Gasteiger partial charge in [0.2, 0.25) is 0 Å². The van der Waals surface area contributed by atoms with Crippen molar-refractivity contribution in [2.24, 2.45) is 0 Å². The van der Waals surface area contributed by atoms with E-state index in [9.17, 15) is 0 Å². The number of fused-ring (bicyclic) bond motifs is 5. The molecule has 3 heterocycles. The van der Waals surface area contributed by atoms with Crippen molar-refractivity contribution in [1.82, 2.24) is 29.9 Å². The van der Waals surface area contributed by atoms with Gasteiger partial charge in [-0.3, -0.25) is 0 Å². The van der Waals surface area contributed by atoms with E-state index >= 15 is 0 Å². The molecule has 8 aromatic carbocycles. The van der Waals surface area contributed by atoms with Crippen molar-refractivity contribution in [2.45, 2.75) is 0 Å². The van der Waals surface area contributed by atoms with Crippen LogP contribution in [-0.2, 0) is 0 Å². The van der Waals surface area contributed by atoms with E-state index in [0.29, 0.717) is 40.7 Å². The Morgan fingerprint density at radius 2 is 0.590 bits per heavy atom. The number of hydrogen-bond donors (Lipinski definition) is 0. The van der Waals surface area contributed by atoms with Crippen molar-refractivity contribution >= 4 is 0 Å². The Morgan fingerprint density at radius 1 is 0.230 bits per heavy atom. The van der Waals surface area contributed by atoms with Gasteiger partial charge in [0.25, 0.3) is 0 Å². The molecule has 11 rings (SSSR count). The third-order valence-electron chi connectivity index (χ3n) is 10.8. The van der Waals surface area contributed by atoms with Gasteiger partial charge in [-0.15, -0.1) is 0 Å². The molecule has 0 bridgehead atoms. The summed E-state index contributed by atoms with van der Waals surface area (Å²) < 4.78 is 7.03. The summed E-state index contributed by atoms with van der Waals surface area (Å²) in [5.41, 5.74) is 11.4. The summed E-state index contributed by atoms with van der Waals surface area (Å²) in [5, 5.41) is 0. The highest BCUT2D eigenvalue weighted by atomic mass is 16.5. The maximum atomic E-state index is 7.03. The molecule has 1 aliphatic rings. The SMILES string of the molecule is c1ccc(-c2nc(-c3ccccc3)nc(-c3cccc(-c4ccc5c(c4)-c4ccccc4-c4cccc(-c6nc(-c7ccccc7)nc(-c7ccccc7)n6)c4O5)c3)n2)cc1. The lowest BCUT2D eigenvalue weighted by Crippen LogP contribution is -2.01. The van der Waals surface area contributed by atoms with Crippen LogP contribution < -0.4 is 4.74 Å². The lowest BCUT2D eigenvalue weighted by atomic mass is 9.91. The van der Waals surface area contributed by atoms with Crippen LogP contribution in [0.15, 0.2) is 206 Å². The zero-order chi connectivity index (χ0) is 40.5. The fourth-order valence-electron chi connectivity index (χ4n) is 7.81. The van der Waals surface area contributed by atoms with Gasteiger partial charge in [-0.1, -0.05) is 182 Å². The predicted octanol–water partition coefficient (Wildman–Crippen LogP) is 13.2. The van der Waals surface area contributed by atoms with Gasteiger partial charge in [0, 0.05) is 38.9 Å². The van der Waals surface area contributed by atoms with Crippen molar-refractivity contribution in [2.75, 3.05) is 0 Å². The van der Waals surface area contributed by atoms with Gasteiger partial charge < -0.3 is 4.74 Å². The number of rotatable bonds is 7. The van der Waals surface area contributed by atoms with Gasteiger partial charge in [-0.05, 0) is 46.5 Å². The molecule has 0 fully saturated rings. The third-order valence-corrected chi connectivity index (χ3v) is 10.8. The van der Waals surface area contributed by atoms with Crippen LogP contribution in [-0.4, -0.2) is 29.9 Å². The van der Waals surface area contributed by atoms with Gasteiger partial charge >= 0.3 is 0 Å². The third kappa shape index (κ3) is 6.90. The zero-order valence-corrected chi connectivity index (χ0v) is 32.7. The van der Waals surface area contributed by atoms with Crippen LogP contribution in [0.2, 0.25) is 0 Å². The predicted molar refractivity (Wildman–Crippen MR) is 242 cm³/mol. The van der Waals surface area contributed by atoms with Gasteiger partial charge in [-0.2, -0.15) is 0 Å². The zero-order valence-electron chi connectivity index (χ0n) is 32.7. The largest absolute Gasteiger partial charge is 0.455 e. The quantitative estimate of drug-likeness (QED) is 0.159. The summed E-state index contributed by atoms with van der Waals surface area (Å²) in [6.07, 6.45) is 0. The number of aromatic nitrogens is 6. The Bertz CT molecular complexity index is 3100. The molecule has 0 unspecified atom stereocenters. The van der Waals surface area contributed by atoms with Crippen LogP contribution in [0.3, 0.4) is 0 Å². The van der Waals surface area contributed by atoms with E-state index in [4.69, 9.17) is 34.6 Å². The van der Waals surface area contributed by atoms with Crippen molar-refractivity contribution in [3.8, 4) is 113 Å². The Kier molecular flexibility index (Phi) is 9.02. The van der Waals surface area contributed by atoms with Crippen molar-refractivity contribution in [1.29, 1.82) is 0 Å². The lowest BCUT2D eigenvalue weighted by Gasteiger charge is -2.15. The molecule has 0 radical (unpaired) electrons. The van der Waals surface area contributed by atoms with E-state index in [-0.39, 0.29) is 0 Å². The molecule has 0 aliphatic carbocycles. The van der Waals surface area contributed by atoms with Gasteiger partial charge in [0.05, 0.1) is 5.56 Å². The van der Waals surface area contributed by atoms with E-state index in [1.165, 1.54) is 0 Å². The first-order valence-corrected chi connectivity index (χ1v) is 20.1. The average molecular weight is 783 g/mol. The standard InChI is InChI=1S/C54H34N6O/c1-5-17-35(18-6-1)49-55-50(36-19-7-2-8-20-36)58-53(57-49)41-26-15-25-39(33-41)40-31-32-47-46(34-40)43-28-14-13-27-42(43)44-29-16-30-45(48(44)61-47)54-59-51(37-21-9-3-10-22-37)56-52(60-54)38-23-11-4-12-24-38/h1-34H. The van der Waals surface area contributed by atoms with E-state index in [1.54, 1.807) is 0 Å². The minimum atomic E-state index is 0.531. The van der Waals surface area contributed by atoms with Crippen LogP contribution in [0.1, 0.15) is 0 Å². The lowest BCUT2D eigenvalue weighted by molar-refractivity contribution is 0.489. The number of nitrogens with zero attached hydrogens (tertiary/aromatic N) is 6. The van der Waals surface area contributed by atoms with E-state index < -0.39 is 0 Å². The number of benzene rings is 8. The normalized spacial score (nSPS) is 11.4. The molecule has 10 aromatic rings. The van der Waals surface area contributed by atoms with Gasteiger partial charge in [0.1, 0.15) is 11.5 Å². The van der Waals surface area contributed by atoms with Crippen LogP contribution >= 0.6 is 0 Å². The Balaban J connectivity index is 1.02. The first kappa shape index (κ1) is 35.7. The number of para-hydroxylation sites is 1. The molecule has 0 N–H and O–H groups in total. The maximum Gasteiger partial charge on any atom is 0.167 e. The summed E-state index contributed by atoms with van der Waals surface area (Å²) in [6, 6.07) is 69.5. The smallest absolute Gasteiger partial charge is 0.167 e. The minimum absolute atomic E-state index is 0.531. The molecule has 7 nitrogen and oxygen atoms in total. The summed E-state index contributed by atoms with van der Waals surface area (Å²) in [5.74, 6) is 4.98. The number of ether oxygens (including phenoxy) is 1. The van der Waals surface area contributed by atoms with Crippen molar-refractivity contribution < 1.29 is 4.74 Å². The molecule has 0 saturated carbocycles. The molecule has 1 aliphatic heterocycles. The second kappa shape index (κ2) is 15.4. The van der Waals surface area contributed by atoms with Crippen molar-refractivity contribution in [3.05, 3.63) is 206 Å². The van der Waals surface area contributed by atoms with Gasteiger partial charge in [0.15, 0.2) is 34.9 Å². The molecule has 0 saturated heterocycles. The first-order chi connectivity index (χ1) is 30.2. The van der Waals surface area contributed by atoms with Crippen LogP contribution in [0.25, 0.3) is 102 Å². The van der Waals surface area contributed by atoms with Crippen molar-refractivity contribution in [3.63, 3.8) is 0 Å². The average Bonchev–Trinajstić information content (AvgIpc) is 3.49.